The topological polar surface area (TPSA) is 74.2 Å². The number of para-hydroxylation sites is 1. The van der Waals surface area contributed by atoms with Crippen LogP contribution in [0.2, 0.25) is 5.02 Å². The number of anilines is 1. The Morgan fingerprint density at radius 3 is 2.37 bits per heavy atom. The number of hydrogen-bond donors (Lipinski definition) is 1. The van der Waals surface area contributed by atoms with Gasteiger partial charge < -0.3 is 9.80 Å². The van der Waals surface area contributed by atoms with Crippen molar-refractivity contribution < 1.29 is 4.79 Å². The van der Waals surface area contributed by atoms with Gasteiger partial charge in [0.05, 0.1) is 5.69 Å². The largest absolute Gasteiger partial charge is 0.368 e. The summed E-state index contributed by atoms with van der Waals surface area (Å²) in [7, 11) is 0. The molecule has 138 valence electrons. The number of benzene rings is 2. The van der Waals surface area contributed by atoms with Crippen LogP contribution in [0.15, 0.2) is 59.4 Å². The molecule has 27 heavy (non-hydrogen) atoms. The average molecular weight is 384 g/mol. The molecule has 1 aromatic heterocycles. The number of nitrogens with one attached hydrogen (secondary N) is 1. The molecule has 2 aromatic carbocycles. The van der Waals surface area contributed by atoms with Crippen LogP contribution in [-0.4, -0.2) is 51.8 Å². The summed E-state index contributed by atoms with van der Waals surface area (Å²) >= 11 is 6.06. The molecule has 0 atom stereocenters. The Hall–Kier alpha value is -3.06. The maximum Gasteiger partial charge on any atom is 0.348 e. The Kier molecular flexibility index (Phi) is 4.68. The van der Waals surface area contributed by atoms with E-state index in [-0.39, 0.29) is 11.7 Å². The summed E-state index contributed by atoms with van der Waals surface area (Å²) in [6, 6.07) is 16.7. The van der Waals surface area contributed by atoms with Crippen LogP contribution in [0.4, 0.5) is 5.69 Å². The molecule has 0 bridgehead atoms. The van der Waals surface area contributed by atoms with E-state index in [0.717, 1.165) is 5.69 Å². The second-order valence-electron chi connectivity index (χ2n) is 6.29. The van der Waals surface area contributed by atoms with Gasteiger partial charge in [0.25, 0.3) is 5.91 Å². The van der Waals surface area contributed by atoms with E-state index in [1.165, 1.54) is 4.68 Å². The van der Waals surface area contributed by atoms with Crippen LogP contribution < -0.4 is 10.6 Å². The molecule has 7 nitrogen and oxygen atoms in total. The first-order valence-corrected chi connectivity index (χ1v) is 9.04. The fraction of sp³-hybridized carbons (Fsp3) is 0.211. The predicted octanol–water partition coefficient (Wildman–Crippen LogP) is 2.18. The molecule has 1 saturated heterocycles. The fourth-order valence-corrected chi connectivity index (χ4v) is 3.34. The normalized spacial score (nSPS) is 14.4. The highest BCUT2D eigenvalue weighted by Gasteiger charge is 2.25. The molecule has 4 rings (SSSR count). The highest BCUT2D eigenvalue weighted by atomic mass is 35.5. The maximum atomic E-state index is 12.7. The fourth-order valence-electron chi connectivity index (χ4n) is 3.16. The van der Waals surface area contributed by atoms with Crippen LogP contribution in [0.5, 0.6) is 0 Å². The molecule has 1 N–H and O–H groups in total. The quantitative estimate of drug-likeness (QED) is 0.752. The van der Waals surface area contributed by atoms with Crippen molar-refractivity contribution >= 4 is 23.2 Å². The second-order valence-corrected chi connectivity index (χ2v) is 6.72. The molecule has 8 heteroatoms. The van der Waals surface area contributed by atoms with Crippen LogP contribution in [0.3, 0.4) is 0 Å². The summed E-state index contributed by atoms with van der Waals surface area (Å²) in [5, 5.41) is 4.86. The number of rotatable bonds is 3. The van der Waals surface area contributed by atoms with Crippen LogP contribution in [0, 0.1) is 0 Å². The molecule has 0 radical (unpaired) electrons. The Labute approximate surface area is 160 Å². The minimum absolute atomic E-state index is 0.0556. The SMILES string of the molecule is O=C(c1nn(-c2ccccc2)c(=O)[nH]1)N1CCN(c2cccc(Cl)c2)CC1. The smallest absolute Gasteiger partial charge is 0.348 e. The number of halogens is 1. The molecule has 0 spiro atoms. The van der Waals surface area contributed by atoms with Gasteiger partial charge in [0.15, 0.2) is 0 Å². The summed E-state index contributed by atoms with van der Waals surface area (Å²) in [6.45, 7) is 2.47. The third-order valence-electron chi connectivity index (χ3n) is 4.56. The lowest BCUT2D eigenvalue weighted by Crippen LogP contribution is -2.49. The van der Waals surface area contributed by atoms with Gasteiger partial charge in [-0.2, -0.15) is 4.68 Å². The van der Waals surface area contributed by atoms with Crippen LogP contribution >= 0.6 is 11.6 Å². The van der Waals surface area contributed by atoms with E-state index >= 15 is 0 Å². The van der Waals surface area contributed by atoms with Crippen molar-refractivity contribution in [2.24, 2.45) is 0 Å². The molecular formula is C19H18ClN5O2. The number of aromatic amines is 1. The van der Waals surface area contributed by atoms with E-state index in [1.54, 1.807) is 17.0 Å². The van der Waals surface area contributed by atoms with Crippen molar-refractivity contribution in [2.75, 3.05) is 31.1 Å². The standard InChI is InChI=1S/C19H18ClN5O2/c20-14-5-4-8-16(13-14)23-9-11-24(12-10-23)18(26)17-21-19(27)25(22-17)15-6-2-1-3-7-15/h1-8,13H,9-12H2,(H,21,22,27). The van der Waals surface area contributed by atoms with Gasteiger partial charge in [0.1, 0.15) is 0 Å². The third-order valence-corrected chi connectivity index (χ3v) is 4.80. The van der Waals surface area contributed by atoms with E-state index in [2.05, 4.69) is 15.0 Å². The lowest BCUT2D eigenvalue weighted by molar-refractivity contribution is 0.0734. The van der Waals surface area contributed by atoms with Gasteiger partial charge in [-0.3, -0.25) is 9.78 Å². The van der Waals surface area contributed by atoms with Gasteiger partial charge in [0.2, 0.25) is 5.82 Å². The van der Waals surface area contributed by atoms with Crippen molar-refractivity contribution in [3.05, 3.63) is 75.9 Å². The number of nitrogens with zero attached hydrogens (tertiary/aromatic N) is 4. The highest BCUT2D eigenvalue weighted by Crippen LogP contribution is 2.21. The Balaban J connectivity index is 1.46. The van der Waals surface area contributed by atoms with E-state index in [1.807, 2.05) is 42.5 Å². The van der Waals surface area contributed by atoms with Crippen molar-refractivity contribution in [1.82, 2.24) is 19.7 Å². The van der Waals surface area contributed by atoms with E-state index in [4.69, 9.17) is 11.6 Å². The molecule has 0 saturated carbocycles. The third kappa shape index (κ3) is 3.59. The number of aromatic nitrogens is 3. The second kappa shape index (κ2) is 7.28. The van der Waals surface area contributed by atoms with Gasteiger partial charge in [-0.25, -0.2) is 4.79 Å². The molecule has 2 heterocycles. The molecule has 3 aromatic rings. The van der Waals surface area contributed by atoms with Crippen molar-refractivity contribution in [2.45, 2.75) is 0 Å². The average Bonchev–Trinajstić information content (AvgIpc) is 3.10. The Morgan fingerprint density at radius 1 is 0.963 bits per heavy atom. The lowest BCUT2D eigenvalue weighted by Gasteiger charge is -2.35. The van der Waals surface area contributed by atoms with Gasteiger partial charge in [-0.05, 0) is 30.3 Å². The lowest BCUT2D eigenvalue weighted by atomic mass is 10.2. The zero-order chi connectivity index (χ0) is 18.8. The molecular weight excluding hydrogens is 366 g/mol. The molecule has 0 aliphatic carbocycles. The number of H-pyrrole nitrogens is 1. The highest BCUT2D eigenvalue weighted by molar-refractivity contribution is 6.30. The minimum Gasteiger partial charge on any atom is -0.368 e. The number of carbonyl (C=O) groups excluding carboxylic acids is 1. The number of piperazine rings is 1. The van der Waals surface area contributed by atoms with Gasteiger partial charge in [-0.15, -0.1) is 5.10 Å². The molecule has 1 aliphatic rings. The van der Waals surface area contributed by atoms with Crippen molar-refractivity contribution in [3.8, 4) is 5.69 Å². The summed E-state index contributed by atoms with van der Waals surface area (Å²) in [4.78, 5) is 31.3. The molecule has 1 aliphatic heterocycles. The summed E-state index contributed by atoms with van der Waals surface area (Å²) in [5.41, 5.74) is 1.22. The minimum atomic E-state index is -0.429. The van der Waals surface area contributed by atoms with Gasteiger partial charge >= 0.3 is 5.69 Å². The first kappa shape index (κ1) is 17.4. The zero-order valence-electron chi connectivity index (χ0n) is 14.5. The monoisotopic (exact) mass is 383 g/mol. The van der Waals surface area contributed by atoms with E-state index in [0.29, 0.717) is 36.9 Å². The first-order valence-electron chi connectivity index (χ1n) is 8.66. The van der Waals surface area contributed by atoms with E-state index in [9.17, 15) is 9.59 Å². The summed E-state index contributed by atoms with van der Waals surface area (Å²) in [6.07, 6.45) is 0. The van der Waals surface area contributed by atoms with Crippen molar-refractivity contribution in [1.29, 1.82) is 0 Å². The Morgan fingerprint density at radius 2 is 1.67 bits per heavy atom. The molecule has 0 unspecified atom stereocenters. The van der Waals surface area contributed by atoms with E-state index < -0.39 is 5.69 Å². The Bertz CT molecular complexity index is 1010. The number of hydrogen-bond acceptors (Lipinski definition) is 4. The molecule has 1 amide bonds. The zero-order valence-corrected chi connectivity index (χ0v) is 15.3. The predicted molar refractivity (Wildman–Crippen MR) is 104 cm³/mol. The van der Waals surface area contributed by atoms with Crippen LogP contribution in [0.1, 0.15) is 10.6 Å². The number of carbonyl (C=O) groups is 1. The first-order chi connectivity index (χ1) is 13.1. The van der Waals surface area contributed by atoms with Gasteiger partial charge in [0, 0.05) is 36.9 Å². The van der Waals surface area contributed by atoms with Gasteiger partial charge in [-0.1, -0.05) is 35.9 Å². The maximum absolute atomic E-state index is 12.7. The van der Waals surface area contributed by atoms with Crippen LogP contribution in [0.25, 0.3) is 5.69 Å². The number of amides is 1. The summed E-state index contributed by atoms with van der Waals surface area (Å²) < 4.78 is 1.20. The van der Waals surface area contributed by atoms with Crippen LogP contribution in [-0.2, 0) is 0 Å². The molecule has 1 fully saturated rings. The summed E-state index contributed by atoms with van der Waals surface area (Å²) in [5.74, 6) is -0.215. The van der Waals surface area contributed by atoms with Crippen molar-refractivity contribution in [3.63, 3.8) is 0 Å².